The van der Waals surface area contributed by atoms with E-state index in [1.165, 1.54) is 38.2 Å². The van der Waals surface area contributed by atoms with Gasteiger partial charge in [-0.2, -0.15) is 8.42 Å². The van der Waals surface area contributed by atoms with Crippen molar-refractivity contribution >= 4 is 16.0 Å². The third kappa shape index (κ3) is 19.9. The highest BCUT2D eigenvalue weighted by Crippen LogP contribution is 2.12. The summed E-state index contributed by atoms with van der Waals surface area (Å²) in [5.41, 5.74) is 0. The Hall–Kier alpha value is -1.22. The van der Waals surface area contributed by atoms with Crippen molar-refractivity contribution in [1.82, 2.24) is 5.32 Å². The Kier molecular flexibility index (Phi) is 19.4. The minimum atomic E-state index is -4.42. The molecule has 7 nitrogen and oxygen atoms in total. The standard InChI is InChI=1S/C25H47NO6S/c1-3-5-7-9-11-12-14-16-18-20-24(28)25(29)26-22(21-33(30,31)32)23(27)19-17-15-13-10-8-6-4-2/h8,10,17,19,22-24,27-28H,3-7,9,11-16,18,20-21H2,1-2H3,(H,26,29)(H,30,31,32)/b10-8+,19-17+. The second kappa shape index (κ2) is 20.2. The lowest BCUT2D eigenvalue weighted by molar-refractivity contribution is -0.130. The van der Waals surface area contributed by atoms with Gasteiger partial charge >= 0.3 is 0 Å². The van der Waals surface area contributed by atoms with Crippen LogP contribution in [0.3, 0.4) is 0 Å². The maximum Gasteiger partial charge on any atom is 0.267 e. The van der Waals surface area contributed by atoms with Crippen LogP contribution < -0.4 is 5.32 Å². The molecular formula is C25H47NO6S. The summed E-state index contributed by atoms with van der Waals surface area (Å²) in [6.45, 7) is 4.29. The number of hydrogen-bond acceptors (Lipinski definition) is 5. The van der Waals surface area contributed by atoms with E-state index in [1.54, 1.807) is 6.08 Å². The monoisotopic (exact) mass is 489 g/mol. The lowest BCUT2D eigenvalue weighted by Gasteiger charge is -2.22. The van der Waals surface area contributed by atoms with Gasteiger partial charge in [-0.15, -0.1) is 0 Å². The van der Waals surface area contributed by atoms with Crippen molar-refractivity contribution < 1.29 is 28.0 Å². The van der Waals surface area contributed by atoms with Gasteiger partial charge in [0.2, 0.25) is 5.91 Å². The van der Waals surface area contributed by atoms with Gasteiger partial charge in [-0.3, -0.25) is 9.35 Å². The van der Waals surface area contributed by atoms with Gasteiger partial charge < -0.3 is 15.5 Å². The summed E-state index contributed by atoms with van der Waals surface area (Å²) in [6, 6.07) is -1.24. The molecule has 0 aliphatic carbocycles. The van der Waals surface area contributed by atoms with Crippen LogP contribution in [0, 0.1) is 0 Å². The number of amides is 1. The van der Waals surface area contributed by atoms with Gasteiger partial charge in [0.25, 0.3) is 10.1 Å². The van der Waals surface area contributed by atoms with Gasteiger partial charge in [0.1, 0.15) is 6.10 Å². The molecule has 0 saturated carbocycles. The normalized spacial score (nSPS) is 15.2. The molecule has 0 radical (unpaired) electrons. The minimum absolute atomic E-state index is 0.274. The average Bonchev–Trinajstić information content (AvgIpc) is 2.75. The molecule has 0 aromatic carbocycles. The molecule has 0 saturated heterocycles. The number of aliphatic hydroxyl groups is 2. The molecule has 0 fully saturated rings. The first-order valence-electron chi connectivity index (χ1n) is 12.6. The van der Waals surface area contributed by atoms with Crippen molar-refractivity contribution in [3.05, 3.63) is 24.3 Å². The molecule has 0 spiro atoms. The van der Waals surface area contributed by atoms with E-state index in [9.17, 15) is 28.0 Å². The second-order valence-electron chi connectivity index (χ2n) is 8.75. The first-order valence-corrected chi connectivity index (χ1v) is 14.3. The summed E-state index contributed by atoms with van der Waals surface area (Å²) in [7, 11) is -4.42. The summed E-state index contributed by atoms with van der Waals surface area (Å²) in [4.78, 5) is 12.3. The topological polar surface area (TPSA) is 124 Å². The predicted molar refractivity (Wildman–Crippen MR) is 135 cm³/mol. The molecule has 3 atom stereocenters. The van der Waals surface area contributed by atoms with Crippen LogP contribution in [0.1, 0.15) is 104 Å². The van der Waals surface area contributed by atoms with Crippen molar-refractivity contribution in [3.63, 3.8) is 0 Å². The number of nitrogens with one attached hydrogen (secondary N) is 1. The van der Waals surface area contributed by atoms with Gasteiger partial charge in [0.05, 0.1) is 17.9 Å². The van der Waals surface area contributed by atoms with Crippen molar-refractivity contribution in [1.29, 1.82) is 0 Å². The Morgan fingerprint density at radius 1 is 0.818 bits per heavy atom. The fourth-order valence-corrected chi connectivity index (χ4v) is 4.21. The molecule has 8 heteroatoms. The molecule has 33 heavy (non-hydrogen) atoms. The molecule has 4 N–H and O–H groups in total. The van der Waals surface area contributed by atoms with E-state index in [2.05, 4.69) is 25.2 Å². The van der Waals surface area contributed by atoms with E-state index >= 15 is 0 Å². The fraction of sp³-hybridized carbons (Fsp3) is 0.800. The Balaban J connectivity index is 4.43. The zero-order chi connectivity index (χ0) is 25.0. The number of aliphatic hydroxyl groups excluding tert-OH is 2. The SMILES string of the molecule is CCC/C=C/CC/C=C/C(O)C(CS(=O)(=O)O)NC(=O)C(O)CCCCCCCCCCC. The summed E-state index contributed by atoms with van der Waals surface area (Å²) in [5, 5.41) is 22.8. The van der Waals surface area contributed by atoms with Gasteiger partial charge in [-0.05, 0) is 25.7 Å². The number of carbonyl (C=O) groups excluding carboxylic acids is 1. The largest absolute Gasteiger partial charge is 0.387 e. The Bertz CT molecular complexity index is 647. The smallest absolute Gasteiger partial charge is 0.267 e. The van der Waals surface area contributed by atoms with Gasteiger partial charge in [0, 0.05) is 0 Å². The number of unbranched alkanes of at least 4 members (excludes halogenated alkanes) is 10. The Morgan fingerprint density at radius 3 is 1.94 bits per heavy atom. The first kappa shape index (κ1) is 31.8. The lowest BCUT2D eigenvalue weighted by atomic mass is 10.0. The highest BCUT2D eigenvalue weighted by atomic mass is 32.2. The van der Waals surface area contributed by atoms with Gasteiger partial charge in [-0.25, -0.2) is 0 Å². The van der Waals surface area contributed by atoms with Crippen molar-refractivity contribution in [3.8, 4) is 0 Å². The number of allylic oxidation sites excluding steroid dienone is 3. The molecule has 0 heterocycles. The average molecular weight is 490 g/mol. The van der Waals surface area contributed by atoms with Crippen LogP contribution in [0.4, 0.5) is 0 Å². The summed E-state index contributed by atoms with van der Waals surface area (Å²) >= 11 is 0. The van der Waals surface area contributed by atoms with E-state index in [4.69, 9.17) is 0 Å². The molecule has 194 valence electrons. The van der Waals surface area contributed by atoms with Crippen LogP contribution in [-0.4, -0.2) is 53.1 Å². The molecular weight excluding hydrogens is 442 g/mol. The third-order valence-electron chi connectivity index (χ3n) is 5.47. The van der Waals surface area contributed by atoms with Gasteiger partial charge in [0.15, 0.2) is 0 Å². The second-order valence-corrected chi connectivity index (χ2v) is 10.2. The summed E-state index contributed by atoms with van der Waals surface area (Å²) in [6.07, 6.45) is 18.5. The van der Waals surface area contributed by atoms with Crippen molar-refractivity contribution in [2.45, 2.75) is 122 Å². The van der Waals surface area contributed by atoms with Crippen molar-refractivity contribution in [2.75, 3.05) is 5.75 Å². The van der Waals surface area contributed by atoms with Crippen LogP contribution in [0.5, 0.6) is 0 Å². The van der Waals surface area contributed by atoms with E-state index in [1.807, 2.05) is 6.08 Å². The predicted octanol–water partition coefficient (Wildman–Crippen LogP) is 4.69. The molecule has 0 aliphatic heterocycles. The molecule has 0 rings (SSSR count). The van der Waals surface area contributed by atoms with E-state index in [0.717, 1.165) is 38.5 Å². The molecule has 0 aromatic heterocycles. The highest BCUT2D eigenvalue weighted by molar-refractivity contribution is 7.85. The van der Waals surface area contributed by atoms with Crippen LogP contribution in [0.25, 0.3) is 0 Å². The molecule has 0 aliphatic rings. The fourth-order valence-electron chi connectivity index (χ4n) is 3.48. The number of hydrogen-bond donors (Lipinski definition) is 4. The molecule has 0 aromatic rings. The third-order valence-corrected chi connectivity index (χ3v) is 6.25. The number of carbonyl (C=O) groups is 1. The Labute approximate surface area is 201 Å². The maximum absolute atomic E-state index is 12.3. The van der Waals surface area contributed by atoms with E-state index < -0.39 is 40.0 Å². The zero-order valence-corrected chi connectivity index (χ0v) is 21.4. The molecule has 1 amide bonds. The van der Waals surface area contributed by atoms with Crippen molar-refractivity contribution in [2.24, 2.45) is 0 Å². The van der Waals surface area contributed by atoms with Crippen LogP contribution in [0.15, 0.2) is 24.3 Å². The quantitative estimate of drug-likeness (QED) is 0.105. The summed E-state index contributed by atoms with van der Waals surface area (Å²) < 4.78 is 31.8. The van der Waals surface area contributed by atoms with Crippen LogP contribution >= 0.6 is 0 Å². The zero-order valence-electron chi connectivity index (χ0n) is 20.6. The maximum atomic E-state index is 12.3. The highest BCUT2D eigenvalue weighted by Gasteiger charge is 2.27. The summed E-state index contributed by atoms with van der Waals surface area (Å²) in [5.74, 6) is -1.57. The number of rotatable bonds is 21. The Morgan fingerprint density at radius 2 is 1.36 bits per heavy atom. The van der Waals surface area contributed by atoms with Crippen LogP contribution in [0.2, 0.25) is 0 Å². The minimum Gasteiger partial charge on any atom is -0.387 e. The molecule has 3 unspecified atom stereocenters. The molecule has 0 bridgehead atoms. The van der Waals surface area contributed by atoms with E-state index in [-0.39, 0.29) is 6.42 Å². The lowest BCUT2D eigenvalue weighted by Crippen LogP contribution is -2.50. The van der Waals surface area contributed by atoms with Crippen LogP contribution in [-0.2, 0) is 14.9 Å². The first-order chi connectivity index (χ1) is 15.7. The van der Waals surface area contributed by atoms with E-state index in [0.29, 0.717) is 12.8 Å². The van der Waals surface area contributed by atoms with Gasteiger partial charge in [-0.1, -0.05) is 102 Å².